The van der Waals surface area contributed by atoms with Gasteiger partial charge in [0.1, 0.15) is 0 Å². The molecule has 2 aromatic rings. The van der Waals surface area contributed by atoms with Gasteiger partial charge >= 0.3 is 0 Å². The van der Waals surface area contributed by atoms with Crippen LogP contribution < -0.4 is 5.43 Å². The van der Waals surface area contributed by atoms with Crippen molar-refractivity contribution in [3.05, 3.63) is 45.9 Å². The average molecular weight is 162 g/mol. The van der Waals surface area contributed by atoms with Gasteiger partial charge in [-0.3, -0.25) is 4.79 Å². The number of fused-ring (bicyclic) bond motifs is 1. The number of rotatable bonds is 0. The molecule has 0 aliphatic carbocycles. The van der Waals surface area contributed by atoms with E-state index < -0.39 is 0 Å². The zero-order valence-electron chi connectivity index (χ0n) is 5.78. The number of hydrogen-bond acceptors (Lipinski definition) is 2. The number of hydrogen-bond donors (Lipinski definition) is 0. The smallest absolute Gasteiger partial charge is 0.187 e. The highest BCUT2D eigenvalue weighted by Gasteiger charge is 1.93. The molecule has 54 valence electrons. The molecule has 0 amide bonds. The predicted molar refractivity (Wildman–Crippen MR) is 48.1 cm³/mol. The van der Waals surface area contributed by atoms with E-state index in [1.54, 1.807) is 23.5 Å². The van der Waals surface area contributed by atoms with Gasteiger partial charge in [-0.15, -0.1) is 11.3 Å². The first-order valence-electron chi connectivity index (χ1n) is 3.34. The zero-order valence-corrected chi connectivity index (χ0v) is 6.60. The zero-order chi connectivity index (χ0) is 7.68. The second-order valence-corrected chi connectivity index (χ2v) is 3.23. The van der Waals surface area contributed by atoms with E-state index in [1.165, 1.54) is 0 Å². The largest absolute Gasteiger partial charge is 0.289 e. The van der Waals surface area contributed by atoms with Crippen molar-refractivity contribution in [2.75, 3.05) is 0 Å². The van der Waals surface area contributed by atoms with Crippen molar-refractivity contribution in [3.63, 3.8) is 0 Å². The molecule has 0 fully saturated rings. The molecular weight excluding hydrogens is 156 g/mol. The Morgan fingerprint density at radius 2 is 1.91 bits per heavy atom. The highest BCUT2D eigenvalue weighted by Crippen LogP contribution is 2.14. The van der Waals surface area contributed by atoms with Crippen LogP contribution in [-0.4, -0.2) is 0 Å². The molecule has 0 spiro atoms. The summed E-state index contributed by atoms with van der Waals surface area (Å²) in [6, 6.07) is 9.08. The van der Waals surface area contributed by atoms with Gasteiger partial charge in [0.15, 0.2) is 5.43 Å². The Morgan fingerprint density at radius 3 is 2.82 bits per heavy atom. The molecule has 0 unspecified atom stereocenters. The lowest BCUT2D eigenvalue weighted by atomic mass is 10.3. The molecule has 1 aromatic heterocycles. The summed E-state index contributed by atoms with van der Waals surface area (Å²) in [6.45, 7) is 0. The molecule has 11 heavy (non-hydrogen) atoms. The van der Waals surface area contributed by atoms with Crippen LogP contribution in [-0.2, 0) is 0 Å². The Balaban J connectivity index is 3.09. The lowest BCUT2D eigenvalue weighted by Gasteiger charge is -1.73. The summed E-state index contributed by atoms with van der Waals surface area (Å²) in [5, 5.41) is 2.76. The summed E-state index contributed by atoms with van der Waals surface area (Å²) in [4.78, 5) is 11.2. The summed E-state index contributed by atoms with van der Waals surface area (Å²) in [7, 11) is 0. The lowest BCUT2D eigenvalue weighted by Crippen LogP contribution is -1.91. The molecule has 0 aliphatic rings. The van der Waals surface area contributed by atoms with Crippen molar-refractivity contribution < 1.29 is 0 Å². The molecule has 1 nitrogen and oxygen atoms in total. The minimum Gasteiger partial charge on any atom is -0.289 e. The summed E-state index contributed by atoms with van der Waals surface area (Å²) in [5.74, 6) is 0. The first kappa shape index (κ1) is 6.55. The molecule has 0 N–H and O–H groups in total. The molecule has 0 saturated carbocycles. The second kappa shape index (κ2) is 2.47. The normalized spacial score (nSPS) is 10.2. The molecular formula is C9H6OS. The molecule has 2 heteroatoms. The third-order valence-electron chi connectivity index (χ3n) is 1.57. The fourth-order valence-corrected chi connectivity index (χ4v) is 1.83. The Bertz CT molecular complexity index is 431. The molecule has 1 aromatic carbocycles. The first-order chi connectivity index (χ1) is 5.38. The van der Waals surface area contributed by atoms with Crippen molar-refractivity contribution in [2.45, 2.75) is 0 Å². The van der Waals surface area contributed by atoms with Crippen molar-refractivity contribution in [1.29, 1.82) is 0 Å². The van der Waals surface area contributed by atoms with Gasteiger partial charge in [0.25, 0.3) is 0 Å². The Labute approximate surface area is 67.9 Å². The molecule has 2 rings (SSSR count). The van der Waals surface area contributed by atoms with E-state index in [-0.39, 0.29) is 5.43 Å². The average Bonchev–Trinajstić information content (AvgIpc) is 2.40. The monoisotopic (exact) mass is 162 g/mol. The third kappa shape index (κ3) is 1.05. The summed E-state index contributed by atoms with van der Waals surface area (Å²) < 4.78 is 1.06. The van der Waals surface area contributed by atoms with E-state index in [1.807, 2.05) is 23.6 Å². The van der Waals surface area contributed by atoms with Gasteiger partial charge in [-0.2, -0.15) is 0 Å². The predicted octanol–water partition coefficient (Wildman–Crippen LogP) is 2.26. The maximum absolute atomic E-state index is 11.2. The van der Waals surface area contributed by atoms with Gasteiger partial charge in [-0.1, -0.05) is 12.1 Å². The maximum atomic E-state index is 11.2. The van der Waals surface area contributed by atoms with Crippen LogP contribution in [0.1, 0.15) is 0 Å². The van der Waals surface area contributed by atoms with Gasteiger partial charge in [0.05, 0.1) is 0 Å². The van der Waals surface area contributed by atoms with Crippen molar-refractivity contribution in [3.8, 4) is 0 Å². The van der Waals surface area contributed by atoms with Gasteiger partial charge in [0.2, 0.25) is 0 Å². The van der Waals surface area contributed by atoms with Crippen LogP contribution in [0, 0.1) is 0 Å². The van der Waals surface area contributed by atoms with Crippen molar-refractivity contribution in [1.82, 2.24) is 0 Å². The van der Waals surface area contributed by atoms with E-state index in [4.69, 9.17) is 0 Å². The van der Waals surface area contributed by atoms with Crippen LogP contribution in [0.4, 0.5) is 0 Å². The molecule has 0 bridgehead atoms. The van der Waals surface area contributed by atoms with Crippen LogP contribution in [0.5, 0.6) is 0 Å². The van der Waals surface area contributed by atoms with Crippen molar-refractivity contribution in [2.24, 2.45) is 0 Å². The Hall–Kier alpha value is -1.15. The summed E-state index contributed by atoms with van der Waals surface area (Å²) in [5.41, 5.74) is 0.103. The standard InChI is InChI=1S/C9H6OS/c10-8-3-1-2-4-9-7(8)5-6-11-9/h1-6H. The van der Waals surface area contributed by atoms with E-state index in [2.05, 4.69) is 0 Å². The van der Waals surface area contributed by atoms with Gasteiger partial charge in [0, 0.05) is 10.1 Å². The molecule has 0 radical (unpaired) electrons. The minimum absolute atomic E-state index is 0.103. The highest BCUT2D eigenvalue weighted by atomic mass is 32.1. The van der Waals surface area contributed by atoms with Gasteiger partial charge in [-0.25, -0.2) is 0 Å². The summed E-state index contributed by atoms with van der Waals surface area (Å²) in [6.07, 6.45) is 0. The van der Waals surface area contributed by atoms with Crippen LogP contribution in [0.15, 0.2) is 40.5 Å². The van der Waals surface area contributed by atoms with Crippen LogP contribution in [0.25, 0.3) is 10.1 Å². The van der Waals surface area contributed by atoms with Crippen LogP contribution in [0.2, 0.25) is 0 Å². The summed E-state index contributed by atoms with van der Waals surface area (Å²) >= 11 is 1.59. The topological polar surface area (TPSA) is 17.1 Å². The SMILES string of the molecule is O=c1ccccc2sccc12. The van der Waals surface area contributed by atoms with E-state index in [0.717, 1.165) is 10.1 Å². The fraction of sp³-hybridized carbons (Fsp3) is 0. The quantitative estimate of drug-likeness (QED) is 0.580. The van der Waals surface area contributed by atoms with Crippen LogP contribution in [0.3, 0.4) is 0 Å². The lowest BCUT2D eigenvalue weighted by molar-refractivity contribution is 1.75. The Kier molecular flexibility index (Phi) is 1.47. The molecule has 0 aliphatic heterocycles. The van der Waals surface area contributed by atoms with E-state index in [9.17, 15) is 4.79 Å². The highest BCUT2D eigenvalue weighted by molar-refractivity contribution is 7.17. The van der Waals surface area contributed by atoms with Crippen LogP contribution >= 0.6 is 11.3 Å². The maximum Gasteiger partial charge on any atom is 0.187 e. The van der Waals surface area contributed by atoms with Crippen molar-refractivity contribution >= 4 is 21.4 Å². The van der Waals surface area contributed by atoms with E-state index >= 15 is 0 Å². The second-order valence-electron chi connectivity index (χ2n) is 2.28. The van der Waals surface area contributed by atoms with E-state index in [0.29, 0.717) is 0 Å². The first-order valence-corrected chi connectivity index (χ1v) is 4.22. The van der Waals surface area contributed by atoms with Gasteiger partial charge in [-0.05, 0) is 23.6 Å². The Morgan fingerprint density at radius 1 is 1.09 bits per heavy atom. The number of thiophene rings is 1. The molecule has 0 atom stereocenters. The minimum atomic E-state index is 0.103. The molecule has 1 heterocycles. The third-order valence-corrected chi connectivity index (χ3v) is 2.45. The fourth-order valence-electron chi connectivity index (χ4n) is 1.03. The van der Waals surface area contributed by atoms with Gasteiger partial charge < -0.3 is 0 Å². The molecule has 0 saturated heterocycles.